The molecule has 0 aliphatic carbocycles. The number of aryl methyl sites for hydroxylation is 1. The molecule has 1 amide bonds. The van der Waals surface area contributed by atoms with Crippen LogP contribution in [0.3, 0.4) is 0 Å². The first-order valence-corrected chi connectivity index (χ1v) is 11.5. The van der Waals surface area contributed by atoms with Gasteiger partial charge in [-0.2, -0.15) is 5.26 Å². The molecule has 3 N–H and O–H groups in total. The van der Waals surface area contributed by atoms with E-state index in [1.54, 1.807) is 23.9 Å². The number of aliphatic hydroxyl groups is 2. The number of benzene rings is 2. The van der Waals surface area contributed by atoms with Gasteiger partial charge < -0.3 is 25.0 Å². The molecule has 1 aromatic heterocycles. The van der Waals surface area contributed by atoms with E-state index < -0.39 is 23.9 Å². The van der Waals surface area contributed by atoms with Gasteiger partial charge in [0.05, 0.1) is 16.9 Å². The standard InChI is InChI=1S/C26H28FN5O3/c1-31-16-21(18-5-3-2-4-6-18)30-25(31)23(33)24(34)26(35)29-15-17-9-11-32(12-10-17)22-8-7-20(27)13-19(22)14-28/h2-8,13,16-17,23-24,33-34H,9-12,15H2,1H3,(H,29,35)/t23-,24-/m1/s1. The molecule has 9 heteroatoms. The summed E-state index contributed by atoms with van der Waals surface area (Å²) >= 11 is 0. The van der Waals surface area contributed by atoms with E-state index in [4.69, 9.17) is 0 Å². The molecule has 1 fully saturated rings. The van der Waals surface area contributed by atoms with E-state index in [0.29, 0.717) is 36.6 Å². The highest BCUT2D eigenvalue weighted by atomic mass is 19.1. The lowest BCUT2D eigenvalue weighted by atomic mass is 9.95. The Balaban J connectivity index is 1.30. The van der Waals surface area contributed by atoms with Crippen molar-refractivity contribution in [3.05, 3.63) is 71.9 Å². The van der Waals surface area contributed by atoms with Crippen LogP contribution < -0.4 is 10.2 Å². The van der Waals surface area contributed by atoms with Crippen molar-refractivity contribution < 1.29 is 19.4 Å². The quantitative estimate of drug-likeness (QED) is 0.482. The van der Waals surface area contributed by atoms with Crippen molar-refractivity contribution in [2.24, 2.45) is 13.0 Å². The smallest absolute Gasteiger partial charge is 0.252 e. The van der Waals surface area contributed by atoms with Gasteiger partial charge in [-0.25, -0.2) is 9.37 Å². The lowest BCUT2D eigenvalue weighted by Gasteiger charge is -2.34. The molecule has 8 nitrogen and oxygen atoms in total. The molecule has 2 aromatic carbocycles. The summed E-state index contributed by atoms with van der Waals surface area (Å²) in [5, 5.41) is 33.1. The van der Waals surface area contributed by atoms with Crippen LogP contribution in [0.5, 0.6) is 0 Å². The second-order valence-electron chi connectivity index (χ2n) is 8.80. The number of nitrogens with one attached hydrogen (secondary N) is 1. The van der Waals surface area contributed by atoms with Gasteiger partial charge in [0.25, 0.3) is 5.91 Å². The number of anilines is 1. The van der Waals surface area contributed by atoms with Gasteiger partial charge in [-0.05, 0) is 37.0 Å². The first kappa shape index (κ1) is 24.4. The first-order chi connectivity index (χ1) is 16.9. The number of nitrogens with zero attached hydrogens (tertiary/aromatic N) is 4. The van der Waals surface area contributed by atoms with Crippen molar-refractivity contribution in [2.45, 2.75) is 25.0 Å². The van der Waals surface area contributed by atoms with E-state index in [2.05, 4.69) is 10.3 Å². The lowest BCUT2D eigenvalue weighted by molar-refractivity contribution is -0.136. The Labute approximate surface area is 203 Å². The predicted molar refractivity (Wildman–Crippen MR) is 129 cm³/mol. The van der Waals surface area contributed by atoms with Gasteiger partial charge in [-0.15, -0.1) is 0 Å². The maximum atomic E-state index is 13.4. The molecule has 4 rings (SSSR count). The van der Waals surface area contributed by atoms with Crippen LogP contribution in [0.15, 0.2) is 54.7 Å². The molecular formula is C26H28FN5O3. The summed E-state index contributed by atoms with van der Waals surface area (Å²) in [6.45, 7) is 1.70. The number of halogens is 1. The Hall–Kier alpha value is -3.74. The van der Waals surface area contributed by atoms with E-state index in [-0.39, 0.29) is 11.7 Å². The summed E-state index contributed by atoms with van der Waals surface area (Å²) in [4.78, 5) is 19.0. The fraction of sp³-hybridized carbons (Fsp3) is 0.346. The molecule has 182 valence electrons. The SMILES string of the molecule is Cn1cc(-c2ccccc2)nc1[C@H](O)[C@@H](O)C(=O)NCC1CCN(c2ccc(F)cc2C#N)CC1. The largest absolute Gasteiger partial charge is 0.382 e. The zero-order valence-corrected chi connectivity index (χ0v) is 19.4. The maximum Gasteiger partial charge on any atom is 0.252 e. The Morgan fingerprint density at radius 2 is 1.94 bits per heavy atom. The molecule has 0 unspecified atom stereocenters. The Bertz CT molecular complexity index is 1220. The number of hydrogen-bond donors (Lipinski definition) is 3. The van der Waals surface area contributed by atoms with Gasteiger partial charge in [-0.3, -0.25) is 4.79 Å². The molecule has 2 heterocycles. The fourth-order valence-corrected chi connectivity index (χ4v) is 4.39. The average Bonchev–Trinajstić information content (AvgIpc) is 3.28. The summed E-state index contributed by atoms with van der Waals surface area (Å²) in [5.74, 6) is -0.712. The van der Waals surface area contributed by atoms with Crippen molar-refractivity contribution in [1.82, 2.24) is 14.9 Å². The summed E-state index contributed by atoms with van der Waals surface area (Å²) in [6.07, 6.45) is 0.145. The minimum Gasteiger partial charge on any atom is -0.382 e. The third-order valence-electron chi connectivity index (χ3n) is 6.41. The van der Waals surface area contributed by atoms with Gasteiger partial charge in [0.2, 0.25) is 0 Å². The van der Waals surface area contributed by atoms with E-state index in [1.165, 1.54) is 12.1 Å². The fourth-order valence-electron chi connectivity index (χ4n) is 4.39. The number of rotatable bonds is 7. The Kier molecular flexibility index (Phi) is 7.44. The Morgan fingerprint density at radius 1 is 1.23 bits per heavy atom. The van der Waals surface area contributed by atoms with E-state index in [9.17, 15) is 24.7 Å². The van der Waals surface area contributed by atoms with Crippen LogP contribution in [0.25, 0.3) is 11.3 Å². The topological polar surface area (TPSA) is 114 Å². The maximum absolute atomic E-state index is 13.4. The summed E-state index contributed by atoms with van der Waals surface area (Å²) in [7, 11) is 1.70. The highest BCUT2D eigenvalue weighted by Gasteiger charge is 2.30. The number of nitriles is 1. The Morgan fingerprint density at radius 3 is 2.63 bits per heavy atom. The minimum atomic E-state index is -1.66. The van der Waals surface area contributed by atoms with Crippen molar-refractivity contribution in [1.29, 1.82) is 5.26 Å². The molecule has 0 spiro atoms. The number of carbonyl (C=O) groups excluding carboxylic acids is 1. The molecule has 1 saturated heterocycles. The van der Waals surface area contributed by atoms with E-state index in [0.717, 1.165) is 18.4 Å². The molecule has 3 aromatic rings. The highest BCUT2D eigenvalue weighted by Crippen LogP contribution is 2.27. The van der Waals surface area contributed by atoms with Crippen molar-refractivity contribution >= 4 is 11.6 Å². The second kappa shape index (κ2) is 10.7. The highest BCUT2D eigenvalue weighted by molar-refractivity contribution is 5.81. The molecule has 2 atom stereocenters. The molecular weight excluding hydrogens is 449 g/mol. The monoisotopic (exact) mass is 477 g/mol. The number of carbonyl (C=O) groups is 1. The third kappa shape index (κ3) is 5.50. The molecule has 1 aliphatic heterocycles. The average molecular weight is 478 g/mol. The van der Waals surface area contributed by atoms with E-state index in [1.807, 2.05) is 41.3 Å². The number of aliphatic hydroxyl groups excluding tert-OH is 2. The van der Waals surface area contributed by atoms with Crippen molar-refractivity contribution in [3.8, 4) is 17.3 Å². The van der Waals surface area contributed by atoms with Crippen LogP contribution in [0, 0.1) is 23.1 Å². The second-order valence-corrected chi connectivity index (χ2v) is 8.80. The summed E-state index contributed by atoms with van der Waals surface area (Å²) in [6, 6.07) is 15.7. The van der Waals surface area contributed by atoms with Crippen LogP contribution in [0.1, 0.15) is 30.3 Å². The number of imidazole rings is 1. The number of piperidine rings is 1. The van der Waals surface area contributed by atoms with Gasteiger partial charge >= 0.3 is 0 Å². The van der Waals surface area contributed by atoms with Gasteiger partial charge in [-0.1, -0.05) is 30.3 Å². The van der Waals surface area contributed by atoms with Crippen LogP contribution in [-0.2, 0) is 11.8 Å². The molecule has 0 bridgehead atoms. The predicted octanol–water partition coefficient (Wildman–Crippen LogP) is 2.52. The zero-order valence-electron chi connectivity index (χ0n) is 19.4. The first-order valence-electron chi connectivity index (χ1n) is 11.5. The van der Waals surface area contributed by atoms with Crippen LogP contribution in [0.2, 0.25) is 0 Å². The minimum absolute atomic E-state index is 0.184. The molecule has 0 saturated carbocycles. The summed E-state index contributed by atoms with van der Waals surface area (Å²) < 4.78 is 15.0. The van der Waals surface area contributed by atoms with Crippen LogP contribution in [0.4, 0.5) is 10.1 Å². The van der Waals surface area contributed by atoms with Gasteiger partial charge in [0.1, 0.15) is 23.8 Å². The van der Waals surface area contributed by atoms with Crippen molar-refractivity contribution in [3.63, 3.8) is 0 Å². The summed E-state index contributed by atoms with van der Waals surface area (Å²) in [5.41, 5.74) is 2.52. The normalized spacial score (nSPS) is 15.9. The zero-order chi connectivity index (χ0) is 24.9. The third-order valence-corrected chi connectivity index (χ3v) is 6.41. The molecule has 35 heavy (non-hydrogen) atoms. The number of amides is 1. The lowest BCUT2D eigenvalue weighted by Crippen LogP contribution is -2.43. The van der Waals surface area contributed by atoms with Crippen LogP contribution in [-0.4, -0.2) is 51.4 Å². The van der Waals surface area contributed by atoms with Crippen LogP contribution >= 0.6 is 0 Å². The number of hydrogen-bond acceptors (Lipinski definition) is 6. The van der Waals surface area contributed by atoms with Crippen molar-refractivity contribution in [2.75, 3.05) is 24.5 Å². The van der Waals surface area contributed by atoms with Gasteiger partial charge in [0, 0.05) is 38.4 Å². The van der Waals surface area contributed by atoms with Gasteiger partial charge in [0.15, 0.2) is 6.10 Å². The van der Waals surface area contributed by atoms with E-state index >= 15 is 0 Å². The molecule has 1 aliphatic rings. The molecule has 0 radical (unpaired) electrons. The number of aromatic nitrogens is 2.